The Bertz CT molecular complexity index is 594. The normalized spacial score (nSPS) is 10.1. The highest BCUT2D eigenvalue weighted by molar-refractivity contribution is 6.43. The van der Waals surface area contributed by atoms with Crippen molar-refractivity contribution >= 4 is 23.3 Å². The summed E-state index contributed by atoms with van der Waals surface area (Å²) in [6, 6.07) is 16.0. The Morgan fingerprint density at radius 1 is 0.950 bits per heavy atom. The lowest BCUT2D eigenvalue weighted by Crippen LogP contribution is -2.32. The number of rotatable bonds is 5. The first-order valence-electron chi connectivity index (χ1n) is 6.29. The first-order chi connectivity index (χ1) is 9.66. The summed E-state index contributed by atoms with van der Waals surface area (Å²) >= 11 is 5.74. The quantitative estimate of drug-likeness (QED) is 0.679. The first kappa shape index (κ1) is 14.3. The van der Waals surface area contributed by atoms with E-state index >= 15 is 0 Å². The molecule has 102 valence electrons. The number of carbonyl (C=O) groups is 2. The lowest BCUT2D eigenvalue weighted by Gasteiger charge is -2.05. The van der Waals surface area contributed by atoms with Crippen molar-refractivity contribution in [3.8, 4) is 0 Å². The fourth-order valence-electron chi connectivity index (χ4n) is 1.78. The molecule has 0 aliphatic carbocycles. The third kappa shape index (κ3) is 3.93. The van der Waals surface area contributed by atoms with Crippen LogP contribution in [0.3, 0.4) is 0 Å². The van der Waals surface area contributed by atoms with Gasteiger partial charge in [0.25, 0.3) is 5.91 Å². The highest BCUT2D eigenvalue weighted by Gasteiger charge is 2.15. The standard InChI is InChI=1S/C16H14ClNO2/c17-14-8-6-13(7-9-14)15(19)16(20)18-11-10-12-4-2-1-3-5-12/h1-9H,10-11H2,(H,18,20). The van der Waals surface area contributed by atoms with Crippen LogP contribution >= 0.6 is 11.6 Å². The molecule has 0 saturated heterocycles. The Hall–Kier alpha value is -2.13. The third-order valence-corrected chi connectivity index (χ3v) is 3.11. The minimum Gasteiger partial charge on any atom is -0.349 e. The molecule has 0 atom stereocenters. The van der Waals surface area contributed by atoms with Crippen molar-refractivity contribution in [3.05, 3.63) is 70.7 Å². The van der Waals surface area contributed by atoms with E-state index in [-0.39, 0.29) is 0 Å². The number of ketones is 1. The minimum absolute atomic E-state index is 0.339. The van der Waals surface area contributed by atoms with E-state index in [1.807, 2.05) is 30.3 Å². The molecule has 1 amide bonds. The molecular weight excluding hydrogens is 274 g/mol. The molecule has 0 fully saturated rings. The van der Waals surface area contributed by atoms with Crippen molar-refractivity contribution in [2.45, 2.75) is 6.42 Å². The largest absolute Gasteiger partial charge is 0.349 e. The van der Waals surface area contributed by atoms with Gasteiger partial charge in [0.1, 0.15) is 0 Å². The van der Waals surface area contributed by atoms with E-state index in [4.69, 9.17) is 11.6 Å². The minimum atomic E-state index is -0.594. The van der Waals surface area contributed by atoms with Gasteiger partial charge in [-0.25, -0.2) is 0 Å². The average molecular weight is 288 g/mol. The number of nitrogens with one attached hydrogen (secondary N) is 1. The van der Waals surface area contributed by atoms with Gasteiger partial charge in [-0.1, -0.05) is 41.9 Å². The summed E-state index contributed by atoms with van der Waals surface area (Å²) in [4.78, 5) is 23.6. The molecule has 4 heteroatoms. The smallest absolute Gasteiger partial charge is 0.292 e. The van der Waals surface area contributed by atoms with Crippen molar-refractivity contribution in [2.75, 3.05) is 6.54 Å². The average Bonchev–Trinajstić information content (AvgIpc) is 2.48. The third-order valence-electron chi connectivity index (χ3n) is 2.85. The molecule has 0 spiro atoms. The first-order valence-corrected chi connectivity index (χ1v) is 6.66. The number of Topliss-reactive ketones (excluding diaryl/α,β-unsaturated/α-hetero) is 1. The molecule has 0 aliphatic heterocycles. The molecule has 2 rings (SSSR count). The molecule has 1 N–H and O–H groups in total. The monoisotopic (exact) mass is 287 g/mol. The van der Waals surface area contributed by atoms with E-state index in [1.54, 1.807) is 24.3 Å². The molecule has 0 unspecified atom stereocenters. The van der Waals surface area contributed by atoms with Crippen molar-refractivity contribution in [2.24, 2.45) is 0 Å². The van der Waals surface area contributed by atoms with Crippen molar-refractivity contribution in [3.63, 3.8) is 0 Å². The Balaban J connectivity index is 1.85. The molecular formula is C16H14ClNO2. The van der Waals surface area contributed by atoms with Gasteiger partial charge in [0.2, 0.25) is 5.78 Å². The van der Waals surface area contributed by atoms with Gasteiger partial charge in [0.15, 0.2) is 0 Å². The SMILES string of the molecule is O=C(NCCc1ccccc1)C(=O)c1ccc(Cl)cc1. The van der Waals surface area contributed by atoms with Crippen molar-refractivity contribution in [1.82, 2.24) is 5.32 Å². The summed E-state index contributed by atoms with van der Waals surface area (Å²) in [6.45, 7) is 0.433. The van der Waals surface area contributed by atoms with Crippen LogP contribution in [0.5, 0.6) is 0 Å². The van der Waals surface area contributed by atoms with Crippen LogP contribution in [0.4, 0.5) is 0 Å². The summed E-state index contributed by atoms with van der Waals surface area (Å²) in [5.74, 6) is -1.14. The van der Waals surface area contributed by atoms with E-state index in [1.165, 1.54) is 0 Å². The van der Waals surface area contributed by atoms with E-state index in [9.17, 15) is 9.59 Å². The van der Waals surface area contributed by atoms with Gasteiger partial charge in [0, 0.05) is 17.1 Å². The molecule has 0 heterocycles. The predicted octanol–water partition coefficient (Wildman–Crippen LogP) is 2.88. The van der Waals surface area contributed by atoms with Gasteiger partial charge in [-0.2, -0.15) is 0 Å². The lowest BCUT2D eigenvalue weighted by atomic mass is 10.1. The fourth-order valence-corrected chi connectivity index (χ4v) is 1.90. The zero-order valence-electron chi connectivity index (χ0n) is 10.8. The maximum atomic E-state index is 11.8. The van der Waals surface area contributed by atoms with E-state index in [0.29, 0.717) is 23.6 Å². The van der Waals surface area contributed by atoms with Crippen molar-refractivity contribution < 1.29 is 9.59 Å². The highest BCUT2D eigenvalue weighted by Crippen LogP contribution is 2.10. The second kappa shape index (κ2) is 6.87. The number of carbonyl (C=O) groups excluding carboxylic acids is 2. The second-order valence-electron chi connectivity index (χ2n) is 4.33. The molecule has 3 nitrogen and oxygen atoms in total. The molecule has 20 heavy (non-hydrogen) atoms. The van der Waals surface area contributed by atoms with Crippen molar-refractivity contribution in [1.29, 1.82) is 0 Å². The van der Waals surface area contributed by atoms with Crippen LogP contribution < -0.4 is 5.32 Å². The fraction of sp³-hybridized carbons (Fsp3) is 0.125. The Morgan fingerprint density at radius 3 is 2.25 bits per heavy atom. The number of amides is 1. The number of halogens is 1. The molecule has 0 bridgehead atoms. The Kier molecular flexibility index (Phi) is 4.91. The molecule has 0 aliphatic rings. The number of hydrogen-bond acceptors (Lipinski definition) is 2. The lowest BCUT2D eigenvalue weighted by molar-refractivity contribution is -0.116. The zero-order valence-corrected chi connectivity index (χ0v) is 11.6. The van der Waals surface area contributed by atoms with Gasteiger partial charge >= 0.3 is 0 Å². The Labute approximate surface area is 122 Å². The van der Waals surface area contributed by atoms with E-state index < -0.39 is 11.7 Å². The van der Waals surface area contributed by atoms with Crippen LogP contribution in [0.1, 0.15) is 15.9 Å². The summed E-state index contributed by atoms with van der Waals surface area (Å²) in [7, 11) is 0. The van der Waals surface area contributed by atoms with Crippen LogP contribution in [-0.4, -0.2) is 18.2 Å². The molecule has 2 aromatic carbocycles. The number of benzene rings is 2. The summed E-state index contributed by atoms with van der Waals surface area (Å²) < 4.78 is 0. The van der Waals surface area contributed by atoms with E-state index in [0.717, 1.165) is 5.56 Å². The van der Waals surface area contributed by atoms with Crippen LogP contribution in [0.2, 0.25) is 5.02 Å². The molecule has 2 aromatic rings. The summed E-state index contributed by atoms with van der Waals surface area (Å²) in [5.41, 5.74) is 1.46. The maximum absolute atomic E-state index is 11.8. The van der Waals surface area contributed by atoms with Crippen LogP contribution in [0.25, 0.3) is 0 Å². The molecule has 0 aromatic heterocycles. The van der Waals surface area contributed by atoms with Gasteiger partial charge in [-0.3, -0.25) is 9.59 Å². The van der Waals surface area contributed by atoms with Crippen LogP contribution in [-0.2, 0) is 11.2 Å². The Morgan fingerprint density at radius 2 is 1.60 bits per heavy atom. The van der Waals surface area contributed by atoms with Gasteiger partial charge in [-0.15, -0.1) is 0 Å². The topological polar surface area (TPSA) is 46.2 Å². The van der Waals surface area contributed by atoms with Gasteiger partial charge in [-0.05, 0) is 36.2 Å². The van der Waals surface area contributed by atoms with Gasteiger partial charge < -0.3 is 5.32 Å². The van der Waals surface area contributed by atoms with Crippen LogP contribution in [0, 0.1) is 0 Å². The molecule has 0 radical (unpaired) electrons. The number of hydrogen-bond donors (Lipinski definition) is 1. The summed E-state index contributed by atoms with van der Waals surface area (Å²) in [5, 5.41) is 3.16. The van der Waals surface area contributed by atoms with E-state index in [2.05, 4.69) is 5.32 Å². The predicted molar refractivity (Wildman–Crippen MR) is 78.9 cm³/mol. The van der Waals surface area contributed by atoms with Gasteiger partial charge in [0.05, 0.1) is 0 Å². The zero-order chi connectivity index (χ0) is 14.4. The highest BCUT2D eigenvalue weighted by atomic mass is 35.5. The maximum Gasteiger partial charge on any atom is 0.292 e. The van der Waals surface area contributed by atoms with Crippen LogP contribution in [0.15, 0.2) is 54.6 Å². The second-order valence-corrected chi connectivity index (χ2v) is 4.76. The molecule has 0 saturated carbocycles. The summed E-state index contributed by atoms with van der Waals surface area (Å²) in [6.07, 6.45) is 0.695.